The van der Waals surface area contributed by atoms with Crippen LogP contribution in [-0.4, -0.2) is 19.1 Å². The van der Waals surface area contributed by atoms with E-state index in [0.29, 0.717) is 13.2 Å². The van der Waals surface area contributed by atoms with E-state index in [1.807, 2.05) is 40.7 Å². The SMILES string of the molecule is CCNC(=O)/C=C(\C)c1cc2c(C)coc2c(C)c1OCC. The molecule has 0 aliphatic carbocycles. The molecule has 0 radical (unpaired) electrons. The smallest absolute Gasteiger partial charge is 0.244 e. The largest absolute Gasteiger partial charge is 0.493 e. The number of rotatable bonds is 5. The van der Waals surface area contributed by atoms with Crippen LogP contribution in [-0.2, 0) is 4.79 Å². The number of likely N-dealkylation sites (N-methyl/N-ethyl adjacent to an activating group) is 1. The second-order valence-corrected chi connectivity index (χ2v) is 5.33. The number of allylic oxidation sites excluding steroid dienone is 1. The zero-order valence-electron chi connectivity index (χ0n) is 13.9. The molecule has 0 saturated carbocycles. The monoisotopic (exact) mass is 301 g/mol. The molecule has 4 nitrogen and oxygen atoms in total. The van der Waals surface area contributed by atoms with Crippen LogP contribution in [0, 0.1) is 13.8 Å². The third-order valence-corrected chi connectivity index (χ3v) is 3.65. The quantitative estimate of drug-likeness (QED) is 0.850. The van der Waals surface area contributed by atoms with Gasteiger partial charge in [0, 0.05) is 29.1 Å². The third kappa shape index (κ3) is 3.01. The molecule has 22 heavy (non-hydrogen) atoms. The van der Waals surface area contributed by atoms with Gasteiger partial charge in [-0.3, -0.25) is 4.79 Å². The van der Waals surface area contributed by atoms with Gasteiger partial charge in [-0.1, -0.05) is 0 Å². The summed E-state index contributed by atoms with van der Waals surface area (Å²) in [4.78, 5) is 11.8. The summed E-state index contributed by atoms with van der Waals surface area (Å²) in [5.41, 5.74) is 4.69. The molecular formula is C18H23NO3. The van der Waals surface area contributed by atoms with Gasteiger partial charge in [0.15, 0.2) is 0 Å². The third-order valence-electron chi connectivity index (χ3n) is 3.65. The molecule has 0 aliphatic heterocycles. The molecule has 0 fully saturated rings. The average molecular weight is 301 g/mol. The minimum absolute atomic E-state index is 0.0934. The van der Waals surface area contributed by atoms with Crippen LogP contribution < -0.4 is 10.1 Å². The van der Waals surface area contributed by atoms with Crippen LogP contribution in [0.3, 0.4) is 0 Å². The van der Waals surface area contributed by atoms with Crippen molar-refractivity contribution in [1.29, 1.82) is 0 Å². The average Bonchev–Trinajstić information content (AvgIpc) is 2.83. The molecular weight excluding hydrogens is 278 g/mol. The number of fused-ring (bicyclic) bond motifs is 1. The van der Waals surface area contributed by atoms with Crippen LogP contribution in [0.1, 0.15) is 37.5 Å². The number of ether oxygens (including phenoxy) is 1. The molecule has 118 valence electrons. The molecule has 2 aromatic rings. The lowest BCUT2D eigenvalue weighted by Gasteiger charge is -2.14. The Labute approximate surface area is 131 Å². The van der Waals surface area contributed by atoms with Gasteiger partial charge in [0.05, 0.1) is 12.9 Å². The number of furan rings is 1. The molecule has 0 saturated heterocycles. The van der Waals surface area contributed by atoms with Gasteiger partial charge in [0.1, 0.15) is 11.3 Å². The van der Waals surface area contributed by atoms with Crippen LogP contribution in [0.4, 0.5) is 0 Å². The Hall–Kier alpha value is -2.23. The molecule has 1 amide bonds. The van der Waals surface area contributed by atoms with Gasteiger partial charge in [-0.15, -0.1) is 0 Å². The summed E-state index contributed by atoms with van der Waals surface area (Å²) >= 11 is 0. The number of carbonyl (C=O) groups excluding carboxylic acids is 1. The summed E-state index contributed by atoms with van der Waals surface area (Å²) in [5, 5.41) is 3.84. The number of hydrogen-bond acceptors (Lipinski definition) is 3. The van der Waals surface area contributed by atoms with Crippen molar-refractivity contribution >= 4 is 22.4 Å². The number of benzene rings is 1. The highest BCUT2D eigenvalue weighted by Crippen LogP contribution is 2.37. The lowest BCUT2D eigenvalue weighted by molar-refractivity contribution is -0.116. The molecule has 0 spiro atoms. The summed E-state index contributed by atoms with van der Waals surface area (Å²) in [6, 6.07) is 2.04. The maximum Gasteiger partial charge on any atom is 0.244 e. The van der Waals surface area contributed by atoms with Crippen LogP contribution >= 0.6 is 0 Å². The summed E-state index contributed by atoms with van der Waals surface area (Å²) < 4.78 is 11.5. The predicted octanol–water partition coefficient (Wildman–Crippen LogP) is 3.99. The molecule has 0 aliphatic rings. The Morgan fingerprint density at radius 2 is 2.09 bits per heavy atom. The number of aryl methyl sites for hydroxylation is 2. The molecule has 4 heteroatoms. The van der Waals surface area contributed by atoms with E-state index in [4.69, 9.17) is 9.15 Å². The van der Waals surface area contributed by atoms with E-state index >= 15 is 0 Å². The van der Waals surface area contributed by atoms with Crippen molar-refractivity contribution < 1.29 is 13.9 Å². The maximum atomic E-state index is 11.8. The van der Waals surface area contributed by atoms with Crippen molar-refractivity contribution in [3.8, 4) is 5.75 Å². The molecule has 0 unspecified atom stereocenters. The molecule has 0 atom stereocenters. The van der Waals surface area contributed by atoms with Gasteiger partial charge in [-0.25, -0.2) is 0 Å². The molecule has 1 aromatic carbocycles. The molecule has 1 N–H and O–H groups in total. The van der Waals surface area contributed by atoms with E-state index in [1.165, 1.54) is 0 Å². The fraction of sp³-hybridized carbons (Fsp3) is 0.389. The van der Waals surface area contributed by atoms with E-state index < -0.39 is 0 Å². The molecule has 2 rings (SSSR count). The van der Waals surface area contributed by atoms with Gasteiger partial charge in [-0.05, 0) is 51.8 Å². The molecule has 0 bridgehead atoms. The van der Waals surface area contributed by atoms with Crippen LogP contribution in [0.25, 0.3) is 16.5 Å². The lowest BCUT2D eigenvalue weighted by Crippen LogP contribution is -2.20. The topological polar surface area (TPSA) is 51.5 Å². The van der Waals surface area contributed by atoms with Gasteiger partial charge < -0.3 is 14.5 Å². The van der Waals surface area contributed by atoms with Gasteiger partial charge in [-0.2, -0.15) is 0 Å². The van der Waals surface area contributed by atoms with E-state index in [-0.39, 0.29) is 5.91 Å². The lowest BCUT2D eigenvalue weighted by atomic mass is 9.98. The Bertz CT molecular complexity index is 725. The summed E-state index contributed by atoms with van der Waals surface area (Å²) in [5.74, 6) is 0.687. The second kappa shape index (κ2) is 6.69. The minimum Gasteiger partial charge on any atom is -0.493 e. The van der Waals surface area contributed by atoms with Gasteiger partial charge in [0.25, 0.3) is 0 Å². The number of amides is 1. The normalized spacial score (nSPS) is 11.8. The van der Waals surface area contributed by atoms with Crippen molar-refractivity contribution in [1.82, 2.24) is 5.32 Å². The Morgan fingerprint density at radius 3 is 2.73 bits per heavy atom. The first-order valence-electron chi connectivity index (χ1n) is 7.60. The molecule has 1 heterocycles. The van der Waals surface area contributed by atoms with Crippen molar-refractivity contribution in [2.45, 2.75) is 34.6 Å². The minimum atomic E-state index is -0.0934. The first-order valence-corrected chi connectivity index (χ1v) is 7.60. The van der Waals surface area contributed by atoms with Crippen molar-refractivity contribution in [2.24, 2.45) is 0 Å². The summed E-state index contributed by atoms with van der Waals surface area (Å²) in [7, 11) is 0. The van der Waals surface area contributed by atoms with E-state index in [9.17, 15) is 4.79 Å². The fourth-order valence-corrected chi connectivity index (χ4v) is 2.56. The highest BCUT2D eigenvalue weighted by atomic mass is 16.5. The van der Waals surface area contributed by atoms with Crippen molar-refractivity contribution in [3.05, 3.63) is 35.1 Å². The highest BCUT2D eigenvalue weighted by molar-refractivity contribution is 5.98. The Morgan fingerprint density at radius 1 is 1.36 bits per heavy atom. The number of carbonyl (C=O) groups is 1. The number of hydrogen-bond donors (Lipinski definition) is 1. The van der Waals surface area contributed by atoms with E-state index in [2.05, 4.69) is 5.32 Å². The predicted molar refractivity (Wildman–Crippen MR) is 89.2 cm³/mol. The second-order valence-electron chi connectivity index (χ2n) is 5.33. The van der Waals surface area contributed by atoms with E-state index in [0.717, 1.165) is 39.0 Å². The fourth-order valence-electron chi connectivity index (χ4n) is 2.56. The maximum absolute atomic E-state index is 11.8. The first kappa shape index (κ1) is 16.1. The van der Waals surface area contributed by atoms with Crippen LogP contribution in [0.15, 0.2) is 22.8 Å². The zero-order valence-corrected chi connectivity index (χ0v) is 13.9. The Balaban J connectivity index is 2.62. The number of nitrogens with one attached hydrogen (secondary N) is 1. The van der Waals surface area contributed by atoms with Crippen molar-refractivity contribution in [2.75, 3.05) is 13.2 Å². The Kier molecular flexibility index (Phi) is 4.91. The van der Waals surface area contributed by atoms with E-state index in [1.54, 1.807) is 12.3 Å². The zero-order chi connectivity index (χ0) is 16.3. The van der Waals surface area contributed by atoms with Gasteiger partial charge >= 0.3 is 0 Å². The standard InChI is InChI=1S/C18H23NO3/c1-6-19-16(20)8-11(3)14-9-15-12(4)10-22-18(15)13(5)17(14)21-7-2/h8-10H,6-7H2,1-5H3,(H,19,20)/b11-8+. The van der Waals surface area contributed by atoms with Crippen LogP contribution in [0.5, 0.6) is 5.75 Å². The first-order chi connectivity index (χ1) is 10.5. The summed E-state index contributed by atoms with van der Waals surface area (Å²) in [6.45, 7) is 10.9. The summed E-state index contributed by atoms with van der Waals surface area (Å²) in [6.07, 6.45) is 3.36. The highest BCUT2D eigenvalue weighted by Gasteiger charge is 2.17. The van der Waals surface area contributed by atoms with Gasteiger partial charge in [0.2, 0.25) is 5.91 Å². The van der Waals surface area contributed by atoms with Crippen molar-refractivity contribution in [3.63, 3.8) is 0 Å². The molecule has 1 aromatic heterocycles. The van der Waals surface area contributed by atoms with Crippen LogP contribution in [0.2, 0.25) is 0 Å².